The van der Waals surface area contributed by atoms with Crippen LogP contribution in [0.3, 0.4) is 0 Å². The monoisotopic (exact) mass is 288 g/mol. The van der Waals surface area contributed by atoms with E-state index in [-0.39, 0.29) is 0 Å². The van der Waals surface area contributed by atoms with Gasteiger partial charge in [0.1, 0.15) is 0 Å². The molecule has 1 saturated carbocycles. The topological polar surface area (TPSA) is 58.1 Å². The normalized spacial score (nSPS) is 23.7. The van der Waals surface area contributed by atoms with Crippen LogP contribution in [0.4, 0.5) is 0 Å². The fraction of sp³-hybridized carbons (Fsp3) is 0.727. The Kier molecular flexibility index (Phi) is 4.00. The molecule has 0 saturated heterocycles. The molecule has 0 radical (unpaired) electrons. The lowest BCUT2D eigenvalue weighted by atomic mass is 10.3. The molecule has 2 unspecified atom stereocenters. The first-order chi connectivity index (χ1) is 7.76. The largest absolute Gasteiger partial charge is 0.396 e. The molecular weight excluding hydrogens is 272 g/mol. The zero-order valence-corrected chi connectivity index (χ0v) is 11.0. The summed E-state index contributed by atoms with van der Waals surface area (Å²) in [5, 5.41) is 16.1. The Balaban J connectivity index is 1.75. The van der Waals surface area contributed by atoms with Gasteiger partial charge in [-0.2, -0.15) is 5.10 Å². The molecule has 0 aliphatic heterocycles. The summed E-state index contributed by atoms with van der Waals surface area (Å²) in [5.41, 5.74) is 2.04. The van der Waals surface area contributed by atoms with Crippen LogP contribution in [0.1, 0.15) is 24.7 Å². The molecule has 2 N–H and O–H groups in total. The summed E-state index contributed by atoms with van der Waals surface area (Å²) < 4.78 is 6.63. The zero-order chi connectivity index (χ0) is 11.5. The highest BCUT2D eigenvalue weighted by molar-refractivity contribution is 9.10. The quantitative estimate of drug-likeness (QED) is 0.840. The van der Waals surface area contributed by atoms with Gasteiger partial charge in [-0.1, -0.05) is 6.92 Å². The molecule has 16 heavy (non-hydrogen) atoms. The van der Waals surface area contributed by atoms with E-state index in [2.05, 4.69) is 33.1 Å². The highest BCUT2D eigenvalue weighted by Crippen LogP contribution is 2.38. The molecule has 5 heteroatoms. The summed E-state index contributed by atoms with van der Waals surface area (Å²) in [7, 11) is 0. The number of halogens is 1. The number of ether oxygens (including phenoxy) is 1. The number of H-pyrrole nitrogens is 1. The maximum absolute atomic E-state index is 8.89. The van der Waals surface area contributed by atoms with Gasteiger partial charge in [-0.15, -0.1) is 0 Å². The minimum absolute atomic E-state index is 0.293. The van der Waals surface area contributed by atoms with E-state index in [0.29, 0.717) is 25.0 Å². The van der Waals surface area contributed by atoms with Crippen molar-refractivity contribution >= 4 is 15.9 Å². The highest BCUT2D eigenvalue weighted by Gasteiger charge is 2.36. The van der Waals surface area contributed by atoms with Crippen LogP contribution in [-0.4, -0.2) is 28.5 Å². The molecule has 0 aromatic carbocycles. The number of aliphatic hydroxyl groups excluding tert-OH is 1. The summed E-state index contributed by atoms with van der Waals surface area (Å²) in [4.78, 5) is 0. The molecule has 1 aliphatic carbocycles. The molecule has 1 aromatic heterocycles. The van der Waals surface area contributed by atoms with Crippen LogP contribution in [0, 0.1) is 11.8 Å². The van der Waals surface area contributed by atoms with Crippen molar-refractivity contribution in [1.29, 1.82) is 0 Å². The fourth-order valence-electron chi connectivity index (χ4n) is 1.79. The first kappa shape index (κ1) is 12.1. The third-order valence-electron chi connectivity index (χ3n) is 3.06. The third-order valence-corrected chi connectivity index (χ3v) is 4.00. The minimum Gasteiger partial charge on any atom is -0.396 e. The molecule has 2 rings (SSSR count). The van der Waals surface area contributed by atoms with E-state index in [4.69, 9.17) is 9.84 Å². The first-order valence-electron chi connectivity index (χ1n) is 5.66. The maximum Gasteiger partial charge on any atom is 0.0893 e. The van der Waals surface area contributed by atoms with Crippen molar-refractivity contribution in [3.8, 4) is 0 Å². The lowest BCUT2D eigenvalue weighted by Crippen LogP contribution is -2.01. The predicted molar refractivity (Wildman–Crippen MR) is 64.0 cm³/mol. The average molecular weight is 289 g/mol. The Hall–Kier alpha value is -0.390. The molecule has 1 heterocycles. The summed E-state index contributed by atoms with van der Waals surface area (Å²) in [5.74, 6) is 1.02. The number of hydrogen-bond acceptors (Lipinski definition) is 3. The van der Waals surface area contributed by atoms with Gasteiger partial charge in [0, 0.05) is 6.61 Å². The van der Waals surface area contributed by atoms with Crippen LogP contribution >= 0.6 is 15.9 Å². The number of aromatic amines is 1. The van der Waals surface area contributed by atoms with Crippen LogP contribution < -0.4 is 0 Å². The third kappa shape index (κ3) is 2.64. The van der Waals surface area contributed by atoms with E-state index in [1.807, 2.05) is 0 Å². The van der Waals surface area contributed by atoms with Crippen molar-refractivity contribution in [3.63, 3.8) is 0 Å². The van der Waals surface area contributed by atoms with Gasteiger partial charge in [-0.05, 0) is 40.6 Å². The van der Waals surface area contributed by atoms with E-state index in [0.717, 1.165) is 35.3 Å². The van der Waals surface area contributed by atoms with Crippen LogP contribution in [0.2, 0.25) is 0 Å². The van der Waals surface area contributed by atoms with Crippen molar-refractivity contribution in [3.05, 3.63) is 15.9 Å². The Bertz CT molecular complexity index is 354. The Labute approximate surface area is 104 Å². The van der Waals surface area contributed by atoms with Crippen molar-refractivity contribution in [2.75, 3.05) is 13.2 Å². The predicted octanol–water partition coefficient (Wildman–Crippen LogP) is 1.88. The molecule has 90 valence electrons. The molecule has 1 aliphatic rings. The first-order valence-corrected chi connectivity index (χ1v) is 6.45. The average Bonchev–Trinajstić information content (AvgIpc) is 2.97. The van der Waals surface area contributed by atoms with E-state index in [9.17, 15) is 0 Å². The second-order valence-corrected chi connectivity index (χ2v) is 5.06. The molecule has 0 bridgehead atoms. The lowest BCUT2D eigenvalue weighted by Gasteiger charge is -2.02. The lowest BCUT2D eigenvalue weighted by molar-refractivity contribution is 0.101. The summed E-state index contributed by atoms with van der Waals surface area (Å²) in [6.07, 6.45) is 2.01. The fourth-order valence-corrected chi connectivity index (χ4v) is 2.36. The number of aryl methyl sites for hydroxylation is 1. The van der Waals surface area contributed by atoms with Crippen LogP contribution in [-0.2, 0) is 17.8 Å². The second-order valence-electron chi connectivity index (χ2n) is 4.27. The summed E-state index contributed by atoms with van der Waals surface area (Å²) in [6, 6.07) is 0. The van der Waals surface area contributed by atoms with E-state index < -0.39 is 0 Å². The molecule has 1 aromatic rings. The van der Waals surface area contributed by atoms with Gasteiger partial charge in [0.05, 0.1) is 29.1 Å². The maximum atomic E-state index is 8.89. The zero-order valence-electron chi connectivity index (χ0n) is 9.37. The van der Waals surface area contributed by atoms with E-state index >= 15 is 0 Å². The summed E-state index contributed by atoms with van der Waals surface area (Å²) in [6.45, 7) is 3.66. The number of rotatable bonds is 6. The number of nitrogens with one attached hydrogen (secondary N) is 1. The Morgan fingerprint density at radius 3 is 2.94 bits per heavy atom. The number of hydrogen-bond donors (Lipinski definition) is 2. The standard InChI is InChI=1S/C11H17BrN2O2/c1-2-9-11(12)10(14-13-9)6-16-5-8-3-7(8)4-15/h7-8,15H,2-6H2,1H3,(H,13,14). The van der Waals surface area contributed by atoms with Crippen LogP contribution in [0.15, 0.2) is 4.47 Å². The van der Waals surface area contributed by atoms with Gasteiger partial charge in [0.15, 0.2) is 0 Å². The van der Waals surface area contributed by atoms with Gasteiger partial charge in [0.2, 0.25) is 0 Å². The van der Waals surface area contributed by atoms with Gasteiger partial charge >= 0.3 is 0 Å². The molecule has 0 spiro atoms. The number of nitrogens with zero attached hydrogens (tertiary/aromatic N) is 1. The smallest absolute Gasteiger partial charge is 0.0893 e. The van der Waals surface area contributed by atoms with Crippen LogP contribution in [0.5, 0.6) is 0 Å². The SMILES string of the molecule is CCc1n[nH]c(COCC2CC2CO)c1Br. The van der Waals surface area contributed by atoms with Gasteiger partial charge in [0.25, 0.3) is 0 Å². The molecule has 0 amide bonds. The number of aromatic nitrogens is 2. The highest BCUT2D eigenvalue weighted by atomic mass is 79.9. The molecular formula is C11H17BrN2O2. The van der Waals surface area contributed by atoms with Gasteiger partial charge in [-0.25, -0.2) is 0 Å². The van der Waals surface area contributed by atoms with Crippen molar-refractivity contribution in [2.24, 2.45) is 11.8 Å². The van der Waals surface area contributed by atoms with Gasteiger partial charge < -0.3 is 9.84 Å². The van der Waals surface area contributed by atoms with Crippen molar-refractivity contribution < 1.29 is 9.84 Å². The van der Waals surface area contributed by atoms with E-state index in [1.54, 1.807) is 0 Å². The molecule has 1 fully saturated rings. The summed E-state index contributed by atoms with van der Waals surface area (Å²) >= 11 is 3.51. The van der Waals surface area contributed by atoms with E-state index in [1.165, 1.54) is 0 Å². The van der Waals surface area contributed by atoms with Crippen LogP contribution in [0.25, 0.3) is 0 Å². The Morgan fingerprint density at radius 2 is 2.38 bits per heavy atom. The Morgan fingerprint density at radius 1 is 1.56 bits per heavy atom. The minimum atomic E-state index is 0.293. The second kappa shape index (κ2) is 5.29. The van der Waals surface area contributed by atoms with Crippen molar-refractivity contribution in [2.45, 2.75) is 26.4 Å². The van der Waals surface area contributed by atoms with Gasteiger partial charge in [-0.3, -0.25) is 5.10 Å². The molecule has 4 nitrogen and oxygen atoms in total. The number of aliphatic hydroxyl groups is 1. The van der Waals surface area contributed by atoms with Crippen molar-refractivity contribution in [1.82, 2.24) is 10.2 Å². The molecule has 2 atom stereocenters.